The zero-order chi connectivity index (χ0) is 13.7. The maximum Gasteiger partial charge on any atom is 0.133 e. The van der Waals surface area contributed by atoms with Crippen molar-refractivity contribution in [1.82, 2.24) is 10.3 Å². The summed E-state index contributed by atoms with van der Waals surface area (Å²) in [6, 6.07) is 10.5. The van der Waals surface area contributed by atoms with Crippen LogP contribution in [0, 0.1) is 0 Å². The lowest BCUT2D eigenvalue weighted by atomic mass is 10.1. The van der Waals surface area contributed by atoms with Crippen molar-refractivity contribution < 1.29 is 4.74 Å². The molecule has 0 amide bonds. The van der Waals surface area contributed by atoms with Crippen molar-refractivity contribution in [3.63, 3.8) is 0 Å². The molecule has 0 unspecified atom stereocenters. The highest BCUT2D eigenvalue weighted by Gasteiger charge is 2.05. The maximum atomic E-state index is 5.22. The molecule has 1 N–H and O–H groups in total. The summed E-state index contributed by atoms with van der Waals surface area (Å²) in [5, 5.41) is 3.49. The molecule has 0 aliphatic rings. The van der Waals surface area contributed by atoms with Crippen LogP contribution in [-0.2, 0) is 6.54 Å². The smallest absolute Gasteiger partial charge is 0.133 e. The lowest BCUT2D eigenvalue weighted by molar-refractivity contribution is 0.412. The Morgan fingerprint density at radius 1 is 1.26 bits per heavy atom. The first-order valence-electron chi connectivity index (χ1n) is 6.16. The highest BCUT2D eigenvalue weighted by Crippen LogP contribution is 2.25. The monoisotopic (exact) mass is 320 g/mol. The first-order valence-corrected chi connectivity index (χ1v) is 6.95. The van der Waals surface area contributed by atoms with E-state index >= 15 is 0 Å². The number of aromatic nitrogens is 1. The van der Waals surface area contributed by atoms with Crippen molar-refractivity contribution in [3.8, 4) is 5.75 Å². The summed E-state index contributed by atoms with van der Waals surface area (Å²) in [7, 11) is 1.67. The fraction of sp³-hybridized carbons (Fsp3) is 0.267. The molecule has 19 heavy (non-hydrogen) atoms. The number of hydrogen-bond donors (Lipinski definition) is 1. The number of benzene rings is 1. The normalized spacial score (nSPS) is 12.2. The molecule has 100 valence electrons. The van der Waals surface area contributed by atoms with Gasteiger partial charge in [-0.25, -0.2) is 0 Å². The number of methoxy groups -OCH3 is 1. The second-order valence-corrected chi connectivity index (χ2v) is 5.21. The van der Waals surface area contributed by atoms with Gasteiger partial charge in [-0.05, 0) is 58.2 Å². The van der Waals surface area contributed by atoms with Crippen molar-refractivity contribution in [2.24, 2.45) is 0 Å². The van der Waals surface area contributed by atoms with Crippen LogP contribution in [-0.4, -0.2) is 12.1 Å². The van der Waals surface area contributed by atoms with Gasteiger partial charge in [-0.1, -0.05) is 6.07 Å². The Bertz CT molecular complexity index is 531. The average molecular weight is 321 g/mol. The molecule has 1 aromatic heterocycles. The second-order valence-electron chi connectivity index (χ2n) is 4.35. The third kappa shape index (κ3) is 3.78. The van der Waals surface area contributed by atoms with Crippen LogP contribution in [0.25, 0.3) is 0 Å². The van der Waals surface area contributed by atoms with Crippen molar-refractivity contribution >= 4 is 15.9 Å². The van der Waals surface area contributed by atoms with E-state index in [1.54, 1.807) is 7.11 Å². The van der Waals surface area contributed by atoms with E-state index in [-0.39, 0.29) is 0 Å². The molecular weight excluding hydrogens is 304 g/mol. The van der Waals surface area contributed by atoms with Gasteiger partial charge < -0.3 is 10.1 Å². The first kappa shape index (κ1) is 14.0. The number of hydrogen-bond acceptors (Lipinski definition) is 3. The predicted octanol–water partition coefficient (Wildman–Crippen LogP) is 3.70. The number of ether oxygens (including phenoxy) is 1. The summed E-state index contributed by atoms with van der Waals surface area (Å²) in [5.41, 5.74) is 2.45. The van der Waals surface area contributed by atoms with Gasteiger partial charge in [0.2, 0.25) is 0 Å². The predicted molar refractivity (Wildman–Crippen MR) is 80.2 cm³/mol. The molecule has 0 aliphatic heterocycles. The van der Waals surface area contributed by atoms with Gasteiger partial charge in [0.1, 0.15) is 5.75 Å². The average Bonchev–Trinajstić information content (AvgIpc) is 2.46. The van der Waals surface area contributed by atoms with Gasteiger partial charge in [0.05, 0.1) is 11.6 Å². The Balaban J connectivity index is 1.97. The Morgan fingerprint density at radius 3 is 2.63 bits per heavy atom. The first-order chi connectivity index (χ1) is 9.20. The van der Waals surface area contributed by atoms with E-state index in [0.29, 0.717) is 6.04 Å². The topological polar surface area (TPSA) is 34.1 Å². The highest BCUT2D eigenvalue weighted by molar-refractivity contribution is 9.10. The van der Waals surface area contributed by atoms with Gasteiger partial charge in [0, 0.05) is 25.0 Å². The molecule has 4 heteroatoms. The quantitative estimate of drug-likeness (QED) is 0.912. The molecule has 0 aliphatic carbocycles. The van der Waals surface area contributed by atoms with Crippen molar-refractivity contribution in [2.45, 2.75) is 19.5 Å². The summed E-state index contributed by atoms with van der Waals surface area (Å²) < 4.78 is 6.20. The van der Waals surface area contributed by atoms with E-state index in [0.717, 1.165) is 16.8 Å². The fourth-order valence-corrected chi connectivity index (χ4v) is 2.45. The number of rotatable bonds is 5. The number of nitrogens with one attached hydrogen (secondary N) is 1. The van der Waals surface area contributed by atoms with Gasteiger partial charge in [-0.3, -0.25) is 4.98 Å². The van der Waals surface area contributed by atoms with Gasteiger partial charge in [-0.15, -0.1) is 0 Å². The zero-order valence-corrected chi connectivity index (χ0v) is 12.6. The van der Waals surface area contributed by atoms with E-state index in [1.807, 2.05) is 30.6 Å². The Kier molecular flexibility index (Phi) is 4.93. The summed E-state index contributed by atoms with van der Waals surface area (Å²) in [6.45, 7) is 2.96. The van der Waals surface area contributed by atoms with Crippen LogP contribution in [0.1, 0.15) is 24.1 Å². The molecule has 3 nitrogen and oxygen atoms in total. The van der Waals surface area contributed by atoms with Crippen LogP contribution in [0.3, 0.4) is 0 Å². The molecule has 2 aromatic rings. The molecule has 0 fully saturated rings. The Morgan fingerprint density at radius 2 is 2.00 bits per heavy atom. The number of pyridine rings is 1. The Hall–Kier alpha value is -1.39. The summed E-state index contributed by atoms with van der Waals surface area (Å²) >= 11 is 3.50. The molecule has 0 spiro atoms. The van der Waals surface area contributed by atoms with Gasteiger partial charge >= 0.3 is 0 Å². The Labute approximate surface area is 122 Å². The van der Waals surface area contributed by atoms with Crippen LogP contribution in [0.2, 0.25) is 0 Å². The van der Waals surface area contributed by atoms with Crippen LogP contribution in [0.5, 0.6) is 5.75 Å². The zero-order valence-electron chi connectivity index (χ0n) is 11.1. The van der Waals surface area contributed by atoms with E-state index in [4.69, 9.17) is 4.74 Å². The minimum absolute atomic E-state index is 0.295. The van der Waals surface area contributed by atoms with E-state index in [2.05, 4.69) is 45.3 Å². The van der Waals surface area contributed by atoms with Crippen LogP contribution in [0.4, 0.5) is 0 Å². The fourth-order valence-electron chi connectivity index (χ4n) is 1.86. The number of nitrogens with zero attached hydrogens (tertiary/aromatic N) is 1. The molecule has 1 heterocycles. The van der Waals surface area contributed by atoms with E-state index < -0.39 is 0 Å². The third-order valence-electron chi connectivity index (χ3n) is 3.03. The van der Waals surface area contributed by atoms with Gasteiger partial charge in [-0.2, -0.15) is 0 Å². The number of halogens is 1. The van der Waals surface area contributed by atoms with Crippen LogP contribution in [0.15, 0.2) is 47.2 Å². The summed E-state index contributed by atoms with van der Waals surface area (Å²) in [4.78, 5) is 4.03. The highest BCUT2D eigenvalue weighted by atomic mass is 79.9. The molecular formula is C15H17BrN2O. The minimum atomic E-state index is 0.295. The van der Waals surface area contributed by atoms with Gasteiger partial charge in [0.15, 0.2) is 0 Å². The van der Waals surface area contributed by atoms with E-state index in [1.165, 1.54) is 11.1 Å². The molecule has 1 atom stereocenters. The standard InChI is InChI=1S/C15H17BrN2O/c1-11(13-5-7-17-8-6-13)18-10-12-3-4-15(19-2)14(16)9-12/h3-9,11,18H,10H2,1-2H3/t11-/m1/s1. The summed E-state index contributed by atoms with van der Waals surface area (Å²) in [5.74, 6) is 0.853. The largest absolute Gasteiger partial charge is 0.496 e. The third-order valence-corrected chi connectivity index (χ3v) is 3.65. The molecule has 1 aromatic carbocycles. The lowest BCUT2D eigenvalue weighted by Gasteiger charge is -2.14. The van der Waals surface area contributed by atoms with Crippen LogP contribution >= 0.6 is 15.9 Å². The second kappa shape index (κ2) is 6.68. The van der Waals surface area contributed by atoms with E-state index in [9.17, 15) is 0 Å². The SMILES string of the molecule is COc1ccc(CN[C@H](C)c2ccncc2)cc1Br. The van der Waals surface area contributed by atoms with Crippen molar-refractivity contribution in [1.29, 1.82) is 0 Å². The van der Waals surface area contributed by atoms with Gasteiger partial charge in [0.25, 0.3) is 0 Å². The van der Waals surface area contributed by atoms with Crippen molar-refractivity contribution in [2.75, 3.05) is 7.11 Å². The molecule has 0 radical (unpaired) electrons. The molecule has 0 saturated carbocycles. The van der Waals surface area contributed by atoms with Crippen LogP contribution < -0.4 is 10.1 Å². The summed E-state index contributed by atoms with van der Waals surface area (Å²) in [6.07, 6.45) is 3.63. The molecule has 2 rings (SSSR count). The molecule has 0 bridgehead atoms. The van der Waals surface area contributed by atoms with Crippen molar-refractivity contribution in [3.05, 3.63) is 58.3 Å². The minimum Gasteiger partial charge on any atom is -0.496 e. The maximum absolute atomic E-state index is 5.22. The lowest BCUT2D eigenvalue weighted by Crippen LogP contribution is -2.18. The molecule has 0 saturated heterocycles.